The van der Waals surface area contributed by atoms with Crippen molar-refractivity contribution in [2.75, 3.05) is 26.7 Å². The second kappa shape index (κ2) is 9.36. The third kappa shape index (κ3) is 5.10. The molecule has 8 nitrogen and oxygen atoms in total. The van der Waals surface area contributed by atoms with Crippen molar-refractivity contribution in [1.82, 2.24) is 25.3 Å². The van der Waals surface area contributed by atoms with Crippen LogP contribution in [0, 0.1) is 0 Å². The highest BCUT2D eigenvalue weighted by Gasteiger charge is 2.32. The minimum atomic E-state index is -0.475. The summed E-state index contributed by atoms with van der Waals surface area (Å²) in [6.07, 6.45) is 1.80. The Hall–Kier alpha value is -2.87. The SMILES string of the molecule is CCOc1ccc(CN2CCNC(=O)C2CC(=O)N(C)Cc2ccn[nH]2)cc1. The molecule has 1 aliphatic rings. The molecule has 2 heterocycles. The van der Waals surface area contributed by atoms with Gasteiger partial charge in [0.25, 0.3) is 0 Å². The highest BCUT2D eigenvalue weighted by atomic mass is 16.5. The van der Waals surface area contributed by atoms with Crippen molar-refractivity contribution in [3.8, 4) is 5.75 Å². The molecule has 1 aliphatic heterocycles. The summed E-state index contributed by atoms with van der Waals surface area (Å²) in [5, 5.41) is 9.62. The van der Waals surface area contributed by atoms with E-state index in [0.29, 0.717) is 32.8 Å². The fourth-order valence-corrected chi connectivity index (χ4v) is 3.30. The van der Waals surface area contributed by atoms with Crippen molar-refractivity contribution in [1.29, 1.82) is 0 Å². The first-order valence-corrected chi connectivity index (χ1v) is 9.52. The Bertz CT molecular complexity index is 776. The Kier molecular flexibility index (Phi) is 6.65. The molecule has 28 heavy (non-hydrogen) atoms. The lowest BCUT2D eigenvalue weighted by atomic mass is 10.1. The summed E-state index contributed by atoms with van der Waals surface area (Å²) in [7, 11) is 1.74. The van der Waals surface area contributed by atoms with Gasteiger partial charge in [-0.05, 0) is 30.7 Å². The van der Waals surface area contributed by atoms with Crippen molar-refractivity contribution >= 4 is 11.8 Å². The summed E-state index contributed by atoms with van der Waals surface area (Å²) in [4.78, 5) is 28.8. The molecule has 0 bridgehead atoms. The predicted molar refractivity (Wildman–Crippen MR) is 104 cm³/mol. The minimum absolute atomic E-state index is 0.0756. The van der Waals surface area contributed by atoms with E-state index in [1.165, 1.54) is 0 Å². The Morgan fingerprint density at radius 1 is 1.32 bits per heavy atom. The lowest BCUT2D eigenvalue weighted by Gasteiger charge is -2.35. The van der Waals surface area contributed by atoms with Gasteiger partial charge in [0.2, 0.25) is 11.8 Å². The van der Waals surface area contributed by atoms with Crippen LogP contribution >= 0.6 is 0 Å². The van der Waals surface area contributed by atoms with Crippen molar-refractivity contribution in [3.05, 3.63) is 47.8 Å². The molecule has 150 valence electrons. The zero-order chi connectivity index (χ0) is 19.9. The fraction of sp³-hybridized carbons (Fsp3) is 0.450. The average Bonchev–Trinajstić information content (AvgIpc) is 3.19. The van der Waals surface area contributed by atoms with Gasteiger partial charge >= 0.3 is 0 Å². The molecule has 0 saturated carbocycles. The van der Waals surface area contributed by atoms with E-state index in [9.17, 15) is 9.59 Å². The molecule has 2 N–H and O–H groups in total. The number of nitrogens with one attached hydrogen (secondary N) is 2. The first kappa shape index (κ1) is 19.9. The molecule has 0 aliphatic carbocycles. The molecule has 1 unspecified atom stereocenters. The molecule has 1 saturated heterocycles. The van der Waals surface area contributed by atoms with Crippen molar-refractivity contribution in [2.45, 2.75) is 32.5 Å². The van der Waals surface area contributed by atoms with Crippen LogP contribution in [0.15, 0.2) is 36.5 Å². The van der Waals surface area contributed by atoms with Crippen LogP contribution in [0.3, 0.4) is 0 Å². The number of nitrogens with zero attached hydrogens (tertiary/aromatic N) is 3. The van der Waals surface area contributed by atoms with Crippen molar-refractivity contribution in [2.24, 2.45) is 0 Å². The van der Waals surface area contributed by atoms with Crippen LogP contribution in [0.1, 0.15) is 24.6 Å². The van der Waals surface area contributed by atoms with Crippen LogP contribution in [-0.2, 0) is 22.7 Å². The maximum Gasteiger partial charge on any atom is 0.237 e. The molecular formula is C20H27N5O3. The summed E-state index contributed by atoms with van der Waals surface area (Å²) in [5.41, 5.74) is 1.94. The maximum atomic E-state index is 12.7. The number of hydrogen-bond donors (Lipinski definition) is 2. The molecular weight excluding hydrogens is 358 g/mol. The molecule has 0 radical (unpaired) electrons. The van der Waals surface area contributed by atoms with Gasteiger partial charge in [-0.3, -0.25) is 19.6 Å². The van der Waals surface area contributed by atoms with Crippen LogP contribution in [0.25, 0.3) is 0 Å². The van der Waals surface area contributed by atoms with Gasteiger partial charge in [0.05, 0.1) is 31.3 Å². The molecule has 1 aromatic heterocycles. The standard InChI is InChI=1S/C20H27N5O3/c1-3-28-17-6-4-15(5-7-17)13-25-11-10-21-20(27)18(25)12-19(26)24(2)14-16-8-9-22-23-16/h4-9,18H,3,10-14H2,1-2H3,(H,21,27)(H,22,23). The number of benzene rings is 1. The van der Waals surface area contributed by atoms with Crippen LogP contribution < -0.4 is 10.1 Å². The molecule has 1 atom stereocenters. The Balaban J connectivity index is 1.63. The van der Waals surface area contributed by atoms with E-state index in [1.807, 2.05) is 37.3 Å². The molecule has 8 heteroatoms. The van der Waals surface area contributed by atoms with E-state index in [1.54, 1.807) is 18.1 Å². The number of hydrogen-bond acceptors (Lipinski definition) is 5. The van der Waals surface area contributed by atoms with Crippen molar-refractivity contribution < 1.29 is 14.3 Å². The summed E-state index contributed by atoms with van der Waals surface area (Å²) in [5.74, 6) is 0.656. The topological polar surface area (TPSA) is 90.6 Å². The lowest BCUT2D eigenvalue weighted by molar-refractivity contribution is -0.138. The normalized spacial score (nSPS) is 17.2. The minimum Gasteiger partial charge on any atom is -0.494 e. The van der Waals surface area contributed by atoms with Crippen LogP contribution in [0.4, 0.5) is 0 Å². The number of aromatic amines is 1. The van der Waals surface area contributed by atoms with Gasteiger partial charge in [0.1, 0.15) is 5.75 Å². The van der Waals surface area contributed by atoms with Crippen molar-refractivity contribution in [3.63, 3.8) is 0 Å². The molecule has 1 fully saturated rings. The largest absolute Gasteiger partial charge is 0.494 e. The van der Waals surface area contributed by atoms with Gasteiger partial charge in [-0.25, -0.2) is 0 Å². The van der Waals surface area contributed by atoms with Gasteiger partial charge in [0.15, 0.2) is 0 Å². The number of piperazine rings is 1. The highest BCUT2D eigenvalue weighted by molar-refractivity contribution is 5.88. The number of rotatable bonds is 8. The Labute approximate surface area is 164 Å². The number of aromatic nitrogens is 2. The monoisotopic (exact) mass is 385 g/mol. The predicted octanol–water partition coefficient (Wildman–Crippen LogP) is 1.16. The summed E-state index contributed by atoms with van der Waals surface area (Å²) < 4.78 is 5.48. The van der Waals surface area contributed by atoms with Crippen LogP contribution in [0.2, 0.25) is 0 Å². The van der Waals surface area contributed by atoms with E-state index in [0.717, 1.165) is 17.0 Å². The first-order valence-electron chi connectivity index (χ1n) is 9.52. The third-order valence-corrected chi connectivity index (χ3v) is 4.82. The molecule has 2 aromatic rings. The number of ether oxygens (including phenoxy) is 1. The zero-order valence-electron chi connectivity index (χ0n) is 16.4. The van der Waals surface area contributed by atoms with Crippen LogP contribution in [-0.4, -0.2) is 64.6 Å². The average molecular weight is 385 g/mol. The maximum absolute atomic E-state index is 12.7. The highest BCUT2D eigenvalue weighted by Crippen LogP contribution is 2.18. The summed E-state index contributed by atoms with van der Waals surface area (Å²) in [6, 6.07) is 9.22. The van der Waals surface area contributed by atoms with Gasteiger partial charge < -0.3 is 15.0 Å². The molecule has 1 aromatic carbocycles. The van der Waals surface area contributed by atoms with E-state index < -0.39 is 6.04 Å². The second-order valence-electron chi connectivity index (χ2n) is 6.89. The molecule has 2 amide bonds. The molecule has 3 rings (SSSR count). The number of carbonyl (C=O) groups is 2. The third-order valence-electron chi connectivity index (χ3n) is 4.82. The van der Waals surface area contributed by atoms with Crippen LogP contribution in [0.5, 0.6) is 5.75 Å². The zero-order valence-corrected chi connectivity index (χ0v) is 16.4. The van der Waals surface area contributed by atoms with Gasteiger partial charge in [-0.15, -0.1) is 0 Å². The number of amides is 2. The van der Waals surface area contributed by atoms with Gasteiger partial charge in [-0.1, -0.05) is 12.1 Å². The Morgan fingerprint density at radius 3 is 2.79 bits per heavy atom. The number of carbonyl (C=O) groups excluding carboxylic acids is 2. The number of H-pyrrole nitrogens is 1. The summed E-state index contributed by atoms with van der Waals surface area (Å²) >= 11 is 0. The molecule has 0 spiro atoms. The van der Waals surface area contributed by atoms with E-state index in [2.05, 4.69) is 20.4 Å². The van der Waals surface area contributed by atoms with Gasteiger partial charge in [0, 0.05) is 32.9 Å². The first-order chi connectivity index (χ1) is 13.6. The Morgan fingerprint density at radius 2 is 2.11 bits per heavy atom. The van der Waals surface area contributed by atoms with E-state index in [4.69, 9.17) is 4.74 Å². The second-order valence-corrected chi connectivity index (χ2v) is 6.89. The summed E-state index contributed by atoms with van der Waals surface area (Å²) in [6.45, 7) is 4.92. The fourth-order valence-electron chi connectivity index (χ4n) is 3.30. The smallest absolute Gasteiger partial charge is 0.237 e. The lowest BCUT2D eigenvalue weighted by Crippen LogP contribution is -2.56. The van der Waals surface area contributed by atoms with Gasteiger partial charge in [-0.2, -0.15) is 5.10 Å². The van der Waals surface area contributed by atoms with E-state index >= 15 is 0 Å². The van der Waals surface area contributed by atoms with E-state index in [-0.39, 0.29) is 18.2 Å². The quantitative estimate of drug-likeness (QED) is 0.712.